The van der Waals surface area contributed by atoms with Crippen molar-refractivity contribution in [2.45, 2.75) is 32.0 Å². The van der Waals surface area contributed by atoms with Crippen LogP contribution in [0.5, 0.6) is 0 Å². The third kappa shape index (κ3) is 4.69. The van der Waals surface area contributed by atoms with Crippen molar-refractivity contribution < 1.29 is 9.59 Å². The normalized spacial score (nSPS) is 13.2. The number of carbonyl (C=O) groups is 2. The minimum atomic E-state index is -0.570. The van der Waals surface area contributed by atoms with E-state index >= 15 is 0 Å². The van der Waals surface area contributed by atoms with Gasteiger partial charge in [-0.2, -0.15) is 0 Å². The van der Waals surface area contributed by atoms with Crippen molar-refractivity contribution in [2.24, 2.45) is 0 Å². The molecule has 0 atom stereocenters. The zero-order valence-electron chi connectivity index (χ0n) is 14.2. The Morgan fingerprint density at radius 2 is 1.77 bits per heavy atom. The second-order valence-corrected chi connectivity index (χ2v) is 6.25. The predicted molar refractivity (Wildman–Crippen MR) is 94.7 cm³/mol. The fourth-order valence-corrected chi connectivity index (χ4v) is 2.49. The van der Waals surface area contributed by atoms with Crippen LogP contribution in [0, 0.1) is 0 Å². The molecular formula is C18H20N4O4. The lowest BCUT2D eigenvalue weighted by Crippen LogP contribution is -2.45. The Hall–Kier alpha value is -3.16. The summed E-state index contributed by atoms with van der Waals surface area (Å²) in [4.78, 5) is 48.0. The van der Waals surface area contributed by atoms with Crippen molar-refractivity contribution in [2.75, 3.05) is 6.54 Å². The molecule has 8 nitrogen and oxygen atoms in total. The second kappa shape index (κ2) is 7.81. The lowest BCUT2D eigenvalue weighted by atomic mass is 10.2. The molecule has 0 bridgehead atoms. The third-order valence-corrected chi connectivity index (χ3v) is 4.03. The first-order chi connectivity index (χ1) is 12.5. The zero-order chi connectivity index (χ0) is 18.5. The number of carbonyl (C=O) groups excluding carboxylic acids is 2. The van der Waals surface area contributed by atoms with E-state index in [1.54, 1.807) is 0 Å². The quantitative estimate of drug-likeness (QED) is 0.695. The number of nitrogens with zero attached hydrogens (tertiary/aromatic N) is 2. The summed E-state index contributed by atoms with van der Waals surface area (Å²) < 4.78 is 2.22. The van der Waals surface area contributed by atoms with Crippen LogP contribution in [-0.4, -0.2) is 33.5 Å². The number of amides is 2. The van der Waals surface area contributed by atoms with Crippen molar-refractivity contribution in [3.63, 3.8) is 0 Å². The van der Waals surface area contributed by atoms with Gasteiger partial charge in [0, 0.05) is 18.3 Å². The van der Waals surface area contributed by atoms with Crippen LogP contribution >= 0.6 is 0 Å². The van der Waals surface area contributed by atoms with Crippen LogP contribution in [0.3, 0.4) is 0 Å². The van der Waals surface area contributed by atoms with E-state index in [2.05, 4.69) is 10.6 Å². The Labute approximate surface area is 149 Å². The molecule has 26 heavy (non-hydrogen) atoms. The average molecular weight is 356 g/mol. The van der Waals surface area contributed by atoms with E-state index in [1.807, 2.05) is 30.3 Å². The van der Waals surface area contributed by atoms with E-state index < -0.39 is 23.7 Å². The van der Waals surface area contributed by atoms with Crippen molar-refractivity contribution in [3.8, 4) is 0 Å². The molecule has 2 N–H and O–H groups in total. The van der Waals surface area contributed by atoms with E-state index in [9.17, 15) is 19.2 Å². The van der Waals surface area contributed by atoms with Crippen LogP contribution in [0.4, 0.5) is 0 Å². The Balaban J connectivity index is 1.65. The van der Waals surface area contributed by atoms with E-state index in [0.29, 0.717) is 6.54 Å². The zero-order valence-corrected chi connectivity index (χ0v) is 14.2. The Bertz CT molecular complexity index is 913. The number of nitrogens with one attached hydrogen (secondary N) is 2. The van der Waals surface area contributed by atoms with Gasteiger partial charge in [0.05, 0.1) is 13.1 Å². The Morgan fingerprint density at radius 1 is 1.04 bits per heavy atom. The SMILES string of the molecule is O=C(Cn1c(=O)ccn(Cc2ccccc2)c1=O)NCC(=O)NC1CC1. The summed E-state index contributed by atoms with van der Waals surface area (Å²) in [6, 6.07) is 10.8. The van der Waals surface area contributed by atoms with Crippen LogP contribution in [0.15, 0.2) is 52.2 Å². The van der Waals surface area contributed by atoms with Gasteiger partial charge in [0.1, 0.15) is 6.54 Å². The van der Waals surface area contributed by atoms with E-state index in [4.69, 9.17) is 0 Å². The molecular weight excluding hydrogens is 336 g/mol. The first-order valence-corrected chi connectivity index (χ1v) is 8.43. The van der Waals surface area contributed by atoms with Gasteiger partial charge in [0.15, 0.2) is 0 Å². The Kier molecular flexibility index (Phi) is 5.31. The van der Waals surface area contributed by atoms with Gasteiger partial charge in [0.2, 0.25) is 11.8 Å². The van der Waals surface area contributed by atoms with Gasteiger partial charge in [-0.25, -0.2) is 4.79 Å². The molecule has 1 saturated carbocycles. The van der Waals surface area contributed by atoms with Crippen molar-refractivity contribution >= 4 is 11.8 Å². The number of benzene rings is 1. The molecule has 1 fully saturated rings. The molecule has 8 heteroatoms. The number of hydrogen-bond donors (Lipinski definition) is 2. The van der Waals surface area contributed by atoms with Crippen LogP contribution in [0.1, 0.15) is 18.4 Å². The minimum absolute atomic E-state index is 0.172. The molecule has 1 aliphatic carbocycles. The summed E-state index contributed by atoms with van der Waals surface area (Å²) in [7, 11) is 0. The molecule has 136 valence electrons. The molecule has 2 aromatic rings. The van der Waals surface area contributed by atoms with Crippen molar-refractivity contribution in [3.05, 3.63) is 69.0 Å². The van der Waals surface area contributed by atoms with Crippen LogP contribution < -0.4 is 21.9 Å². The van der Waals surface area contributed by atoms with Gasteiger partial charge in [-0.1, -0.05) is 30.3 Å². The molecule has 1 aliphatic rings. The molecule has 1 aromatic heterocycles. The molecule has 0 saturated heterocycles. The molecule has 1 aromatic carbocycles. The maximum absolute atomic E-state index is 12.5. The highest BCUT2D eigenvalue weighted by Gasteiger charge is 2.23. The third-order valence-electron chi connectivity index (χ3n) is 4.03. The van der Waals surface area contributed by atoms with Crippen LogP contribution in [0.2, 0.25) is 0 Å². The fraction of sp³-hybridized carbons (Fsp3) is 0.333. The summed E-state index contributed by atoms with van der Waals surface area (Å²) in [5, 5.41) is 5.17. The van der Waals surface area contributed by atoms with Gasteiger partial charge >= 0.3 is 5.69 Å². The number of rotatable bonds is 7. The van der Waals surface area contributed by atoms with E-state index in [1.165, 1.54) is 16.8 Å². The number of aromatic nitrogens is 2. The van der Waals surface area contributed by atoms with Gasteiger partial charge in [-0.3, -0.25) is 23.5 Å². The smallest absolute Gasteiger partial charge is 0.331 e. The van der Waals surface area contributed by atoms with Gasteiger partial charge in [-0.15, -0.1) is 0 Å². The summed E-state index contributed by atoms with van der Waals surface area (Å²) in [6.07, 6.45) is 3.33. The summed E-state index contributed by atoms with van der Waals surface area (Å²) in [6.45, 7) is -0.301. The average Bonchev–Trinajstić information content (AvgIpc) is 3.44. The van der Waals surface area contributed by atoms with Crippen molar-refractivity contribution in [1.82, 2.24) is 19.8 Å². The summed E-state index contributed by atoms with van der Waals surface area (Å²) in [5.74, 6) is -0.838. The summed E-state index contributed by atoms with van der Waals surface area (Å²) >= 11 is 0. The van der Waals surface area contributed by atoms with Gasteiger partial charge in [-0.05, 0) is 18.4 Å². The molecule has 0 unspecified atom stereocenters. The molecule has 0 spiro atoms. The van der Waals surface area contributed by atoms with Crippen molar-refractivity contribution in [1.29, 1.82) is 0 Å². The molecule has 0 radical (unpaired) electrons. The highest BCUT2D eigenvalue weighted by molar-refractivity contribution is 5.84. The van der Waals surface area contributed by atoms with Gasteiger partial charge < -0.3 is 10.6 Å². The predicted octanol–water partition coefficient (Wildman–Crippen LogP) is -0.547. The molecule has 1 heterocycles. The first kappa shape index (κ1) is 17.7. The topological polar surface area (TPSA) is 102 Å². The lowest BCUT2D eigenvalue weighted by molar-refractivity contribution is -0.126. The molecule has 3 rings (SSSR count). The number of hydrogen-bond acceptors (Lipinski definition) is 4. The first-order valence-electron chi connectivity index (χ1n) is 8.43. The largest absolute Gasteiger partial charge is 0.352 e. The van der Waals surface area contributed by atoms with E-state index in [-0.39, 0.29) is 18.5 Å². The van der Waals surface area contributed by atoms with Crippen LogP contribution in [-0.2, 0) is 22.7 Å². The highest BCUT2D eigenvalue weighted by atomic mass is 16.2. The fourth-order valence-electron chi connectivity index (χ4n) is 2.49. The highest BCUT2D eigenvalue weighted by Crippen LogP contribution is 2.18. The second-order valence-electron chi connectivity index (χ2n) is 6.25. The van der Waals surface area contributed by atoms with Crippen LogP contribution in [0.25, 0.3) is 0 Å². The van der Waals surface area contributed by atoms with E-state index in [0.717, 1.165) is 23.0 Å². The summed E-state index contributed by atoms with van der Waals surface area (Å²) in [5.41, 5.74) is -0.225. The Morgan fingerprint density at radius 3 is 2.46 bits per heavy atom. The minimum Gasteiger partial charge on any atom is -0.352 e. The maximum Gasteiger partial charge on any atom is 0.331 e. The lowest BCUT2D eigenvalue weighted by Gasteiger charge is -2.10. The maximum atomic E-state index is 12.5. The molecule has 2 amide bonds. The standard InChI is InChI=1S/C18H20N4O4/c23-15(20-14-6-7-14)10-19-16(24)12-22-17(25)8-9-21(18(22)26)11-13-4-2-1-3-5-13/h1-5,8-9,14H,6-7,10-12H2,(H,19,24)(H,20,23). The molecule has 0 aliphatic heterocycles. The monoisotopic (exact) mass is 356 g/mol. The van der Waals surface area contributed by atoms with Gasteiger partial charge in [0.25, 0.3) is 5.56 Å².